The number of hydrogen-bond donors (Lipinski definition) is 3. The quantitative estimate of drug-likeness (QED) is 0.300. The highest BCUT2D eigenvalue weighted by Gasteiger charge is 2.49. The third kappa shape index (κ3) is 5.45. The van der Waals surface area contributed by atoms with E-state index in [2.05, 4.69) is 10.3 Å². The van der Waals surface area contributed by atoms with Crippen molar-refractivity contribution in [2.45, 2.75) is 43.9 Å². The predicted molar refractivity (Wildman–Crippen MR) is 128 cm³/mol. The molecule has 1 aliphatic heterocycles. The summed E-state index contributed by atoms with van der Waals surface area (Å²) in [4.78, 5) is 4.62. The van der Waals surface area contributed by atoms with Gasteiger partial charge in [-0.15, -0.1) is 0 Å². The topological polar surface area (TPSA) is 60.5 Å². The number of nitrogens with one attached hydrogen (secondary N) is 2. The maximum Gasteiger partial charge on any atom is 0.283 e. The zero-order valence-electron chi connectivity index (χ0n) is 20.1. The van der Waals surface area contributed by atoms with Crippen molar-refractivity contribution in [2.24, 2.45) is 5.92 Å². The van der Waals surface area contributed by atoms with E-state index in [0.717, 1.165) is 22.5 Å². The minimum Gasteiger partial charge on any atom is -0.493 e. The van der Waals surface area contributed by atoms with E-state index in [-0.39, 0.29) is 12.4 Å². The van der Waals surface area contributed by atoms with Gasteiger partial charge in [-0.25, -0.2) is 17.6 Å². The van der Waals surface area contributed by atoms with Crippen LogP contribution in [0.25, 0.3) is 10.9 Å². The van der Waals surface area contributed by atoms with E-state index in [9.17, 15) is 18.3 Å². The minimum absolute atomic E-state index is 0.0848. The first-order valence-electron chi connectivity index (χ1n) is 12.2. The molecule has 1 aromatic heterocycles. The highest BCUT2D eigenvalue weighted by Crippen LogP contribution is 2.48. The first kappa shape index (κ1) is 26.6. The first-order valence-corrected chi connectivity index (χ1v) is 12.2. The Labute approximate surface area is 207 Å². The molecule has 0 radical (unpaired) electrons. The first-order chi connectivity index (χ1) is 17.3. The summed E-state index contributed by atoms with van der Waals surface area (Å²) in [6.07, 6.45) is 1.20. The molecule has 4 rings (SSSR count). The minimum atomic E-state index is -3.45. The van der Waals surface area contributed by atoms with Crippen LogP contribution in [0.3, 0.4) is 0 Å². The molecule has 2 aromatic rings. The largest absolute Gasteiger partial charge is 0.493 e. The van der Waals surface area contributed by atoms with Crippen molar-refractivity contribution in [3.8, 4) is 0 Å². The normalized spacial score (nSPS) is 25.0. The highest BCUT2D eigenvalue weighted by molar-refractivity contribution is 5.85. The number of aromatic nitrogens is 1. The van der Waals surface area contributed by atoms with Crippen LogP contribution in [0.1, 0.15) is 30.6 Å². The number of rotatable bonds is 11. The van der Waals surface area contributed by atoms with Gasteiger partial charge in [0, 0.05) is 29.2 Å². The summed E-state index contributed by atoms with van der Waals surface area (Å²) in [5.41, 5.74) is 2.10. The molecule has 2 heterocycles. The molecule has 36 heavy (non-hydrogen) atoms. The highest BCUT2D eigenvalue weighted by atomic mass is 19.3. The van der Waals surface area contributed by atoms with Crippen molar-refractivity contribution in [1.82, 2.24) is 15.2 Å². The van der Waals surface area contributed by atoms with Crippen LogP contribution in [0, 0.1) is 5.92 Å². The fourth-order valence-electron chi connectivity index (χ4n) is 5.18. The molecule has 0 bridgehead atoms. The van der Waals surface area contributed by atoms with Crippen molar-refractivity contribution in [3.05, 3.63) is 59.3 Å². The van der Waals surface area contributed by atoms with Crippen LogP contribution in [0.5, 0.6) is 0 Å². The van der Waals surface area contributed by atoms with Crippen molar-refractivity contribution in [2.75, 3.05) is 39.5 Å². The summed E-state index contributed by atoms with van der Waals surface area (Å²) in [5, 5.41) is 13.1. The van der Waals surface area contributed by atoms with Gasteiger partial charge >= 0.3 is 0 Å². The van der Waals surface area contributed by atoms with Crippen molar-refractivity contribution in [3.63, 3.8) is 0 Å². The number of H-pyrrole nitrogens is 1. The molecule has 2 unspecified atom stereocenters. The number of halogens is 5. The van der Waals surface area contributed by atoms with E-state index < -0.39 is 55.7 Å². The maximum absolute atomic E-state index is 15.9. The van der Waals surface area contributed by atoms with Crippen LogP contribution in [-0.4, -0.2) is 72.6 Å². The lowest BCUT2D eigenvalue weighted by atomic mass is 9.80. The van der Waals surface area contributed by atoms with Gasteiger partial charge in [0.1, 0.15) is 24.8 Å². The molecular formula is C26H32F5N3O2. The van der Waals surface area contributed by atoms with Crippen LogP contribution in [0.2, 0.25) is 0 Å². The van der Waals surface area contributed by atoms with E-state index in [0.29, 0.717) is 31.6 Å². The Bertz CT molecular complexity index is 1100. The second-order valence-electron chi connectivity index (χ2n) is 9.44. The van der Waals surface area contributed by atoms with Gasteiger partial charge in [0.2, 0.25) is 0 Å². The van der Waals surface area contributed by atoms with E-state index in [1.165, 1.54) is 11.0 Å². The van der Waals surface area contributed by atoms with Gasteiger partial charge in [0.15, 0.2) is 6.17 Å². The molecule has 0 saturated carbocycles. The number of allylic oxidation sites excluding steroid dienone is 3. The number of aromatic amines is 1. The third-order valence-corrected chi connectivity index (χ3v) is 6.90. The number of alkyl halides is 4. The van der Waals surface area contributed by atoms with Crippen LogP contribution >= 0.6 is 0 Å². The van der Waals surface area contributed by atoms with Gasteiger partial charge in [0.05, 0.1) is 25.2 Å². The fourth-order valence-corrected chi connectivity index (χ4v) is 5.18. The monoisotopic (exact) mass is 513 g/mol. The molecule has 198 valence electrons. The molecule has 0 amide bonds. The van der Waals surface area contributed by atoms with Gasteiger partial charge in [-0.1, -0.05) is 18.2 Å². The predicted octanol–water partition coefficient (Wildman–Crippen LogP) is 4.75. The summed E-state index contributed by atoms with van der Waals surface area (Å²) < 4.78 is 77.9. The lowest BCUT2D eigenvalue weighted by Gasteiger charge is -2.46. The van der Waals surface area contributed by atoms with Crippen LogP contribution in [-0.2, 0) is 11.2 Å². The molecule has 1 aromatic carbocycles. The van der Waals surface area contributed by atoms with Crippen LogP contribution < -0.4 is 5.32 Å². The fraction of sp³-hybridized carbons (Fsp3) is 0.538. The van der Waals surface area contributed by atoms with Crippen LogP contribution in [0.4, 0.5) is 22.0 Å². The number of para-hydroxylation sites is 1. The Morgan fingerprint density at radius 3 is 2.75 bits per heavy atom. The molecule has 0 saturated heterocycles. The zero-order chi connectivity index (χ0) is 25.9. The molecule has 5 nitrogen and oxygen atoms in total. The zero-order valence-corrected chi connectivity index (χ0v) is 20.1. The molecular weight excluding hydrogens is 481 g/mol. The molecule has 0 spiro atoms. The van der Waals surface area contributed by atoms with Crippen molar-refractivity contribution >= 4 is 10.9 Å². The van der Waals surface area contributed by atoms with Gasteiger partial charge in [-0.3, -0.25) is 9.29 Å². The Morgan fingerprint density at radius 1 is 1.22 bits per heavy atom. The SMILES string of the molecule is C[C@@H]1Cc2c([nH]c3ccccc23)[C@@H](C2C(F)=CC=C(OCCNCCCF)C2F)N1CC(F)(F)CO. The van der Waals surface area contributed by atoms with E-state index in [4.69, 9.17) is 4.74 Å². The number of hydrogen-bond acceptors (Lipinski definition) is 4. The lowest BCUT2D eigenvalue weighted by Crippen LogP contribution is -2.52. The van der Waals surface area contributed by atoms with Gasteiger partial charge in [-0.05, 0) is 50.1 Å². The summed E-state index contributed by atoms with van der Waals surface area (Å²) in [6.45, 7) is -0.0223. The number of ether oxygens (including phenoxy) is 1. The number of fused-ring (bicyclic) bond motifs is 3. The Kier molecular flexibility index (Phi) is 8.37. The lowest BCUT2D eigenvalue weighted by molar-refractivity contribution is -0.0981. The number of nitrogens with zero attached hydrogens (tertiary/aromatic N) is 1. The summed E-state index contributed by atoms with van der Waals surface area (Å²) in [5.74, 6) is -5.72. The smallest absolute Gasteiger partial charge is 0.283 e. The summed E-state index contributed by atoms with van der Waals surface area (Å²) >= 11 is 0. The van der Waals surface area contributed by atoms with Crippen LogP contribution in [0.15, 0.2) is 48.0 Å². The molecule has 2 aliphatic rings. The second kappa shape index (κ2) is 11.3. The van der Waals surface area contributed by atoms with E-state index in [1.54, 1.807) is 6.92 Å². The molecule has 3 N–H and O–H groups in total. The number of benzene rings is 1. The standard InChI is InChI=1S/C26H32F5N3O2/c1-16-13-18-17-5-2-3-6-20(17)33-24(18)25(34(16)14-26(30,31)15-35)22-19(28)7-8-21(23(22)29)36-12-11-32-10-4-9-27/h2-3,5-8,16,22-23,25,32-33,35H,4,9-15H2,1H3/t16-,22?,23?,25-/m1/s1. The van der Waals surface area contributed by atoms with Crippen molar-refractivity contribution in [1.29, 1.82) is 0 Å². The third-order valence-electron chi connectivity index (χ3n) is 6.90. The molecule has 10 heteroatoms. The second-order valence-corrected chi connectivity index (χ2v) is 9.44. The Morgan fingerprint density at radius 2 is 2.00 bits per heavy atom. The van der Waals surface area contributed by atoms with Gasteiger partial charge < -0.3 is 20.1 Å². The average Bonchev–Trinajstić information content (AvgIpc) is 3.22. The Hall–Kier alpha value is -2.43. The summed E-state index contributed by atoms with van der Waals surface area (Å²) in [6, 6.07) is 5.89. The van der Waals surface area contributed by atoms with E-state index in [1.807, 2.05) is 24.3 Å². The van der Waals surface area contributed by atoms with Crippen molar-refractivity contribution < 1.29 is 31.8 Å². The molecule has 4 atom stereocenters. The Balaban J connectivity index is 1.66. The summed E-state index contributed by atoms with van der Waals surface area (Å²) in [7, 11) is 0. The van der Waals surface area contributed by atoms with Gasteiger partial charge in [-0.2, -0.15) is 0 Å². The van der Waals surface area contributed by atoms with E-state index >= 15 is 8.78 Å². The maximum atomic E-state index is 15.9. The number of aliphatic hydroxyl groups excluding tert-OH is 1. The number of aliphatic hydroxyl groups is 1. The molecule has 1 aliphatic carbocycles. The van der Waals surface area contributed by atoms with Gasteiger partial charge in [0.25, 0.3) is 5.92 Å². The average molecular weight is 514 g/mol. The molecule has 0 fully saturated rings.